The van der Waals surface area contributed by atoms with Crippen LogP contribution in [0, 0.1) is 17.3 Å². The molecule has 2 bridgehead atoms. The van der Waals surface area contributed by atoms with E-state index in [0.29, 0.717) is 11.2 Å². The molecule has 0 aromatic carbocycles. The molecule has 0 heterocycles. The molecule has 112 valence electrons. The summed E-state index contributed by atoms with van der Waals surface area (Å²) in [4.78, 5) is 0. The zero-order chi connectivity index (χ0) is 13.9. The highest BCUT2D eigenvalue weighted by atomic mass is 32.2. The van der Waals surface area contributed by atoms with Gasteiger partial charge in [0.15, 0.2) is 0 Å². The summed E-state index contributed by atoms with van der Waals surface area (Å²) >= 11 is 0. The molecule has 2 saturated carbocycles. The average Bonchev–Trinajstić information content (AvgIpc) is 2.88. The maximum absolute atomic E-state index is 11.3. The van der Waals surface area contributed by atoms with Crippen LogP contribution in [0.15, 0.2) is 0 Å². The van der Waals surface area contributed by atoms with Crippen molar-refractivity contribution < 1.29 is 8.42 Å². The van der Waals surface area contributed by atoms with Gasteiger partial charge in [0.2, 0.25) is 0 Å². The number of fused-ring (bicyclic) bond motifs is 2. The lowest BCUT2D eigenvalue weighted by atomic mass is 9.70. The van der Waals surface area contributed by atoms with E-state index in [1.807, 2.05) is 0 Å². The Labute approximate surface area is 118 Å². The Morgan fingerprint density at radius 3 is 2.63 bits per heavy atom. The van der Waals surface area contributed by atoms with E-state index in [-0.39, 0.29) is 0 Å². The minimum atomic E-state index is -2.80. The molecule has 2 aliphatic rings. The van der Waals surface area contributed by atoms with Gasteiger partial charge in [0.05, 0.1) is 0 Å². The standard InChI is InChI=1S/C15H29NO2S/c1-3-8-16-12-15(7-4-9-19(2,17)18)11-13-5-6-14(15)10-13/h13-14,16H,3-12H2,1-2H3. The number of nitrogens with one attached hydrogen (secondary N) is 1. The van der Waals surface area contributed by atoms with Crippen molar-refractivity contribution in [2.24, 2.45) is 17.3 Å². The lowest BCUT2D eigenvalue weighted by Crippen LogP contribution is -2.39. The third kappa shape index (κ3) is 3.94. The van der Waals surface area contributed by atoms with E-state index in [4.69, 9.17) is 0 Å². The van der Waals surface area contributed by atoms with Crippen LogP contribution in [0.4, 0.5) is 0 Å². The van der Waals surface area contributed by atoms with Crippen molar-refractivity contribution in [1.82, 2.24) is 5.32 Å². The summed E-state index contributed by atoms with van der Waals surface area (Å²) in [6.45, 7) is 4.39. The third-order valence-electron chi connectivity index (χ3n) is 5.20. The molecule has 0 aromatic rings. The molecule has 0 spiro atoms. The smallest absolute Gasteiger partial charge is 0.147 e. The first-order valence-electron chi connectivity index (χ1n) is 7.84. The van der Waals surface area contributed by atoms with Gasteiger partial charge in [0.1, 0.15) is 9.84 Å². The largest absolute Gasteiger partial charge is 0.316 e. The van der Waals surface area contributed by atoms with Gasteiger partial charge < -0.3 is 5.32 Å². The van der Waals surface area contributed by atoms with Crippen LogP contribution in [0.3, 0.4) is 0 Å². The lowest BCUT2D eigenvalue weighted by Gasteiger charge is -2.38. The summed E-state index contributed by atoms with van der Waals surface area (Å²) in [5, 5.41) is 3.60. The summed E-state index contributed by atoms with van der Waals surface area (Å²) in [5.74, 6) is 2.13. The van der Waals surface area contributed by atoms with Crippen molar-refractivity contribution in [2.45, 2.75) is 51.9 Å². The Morgan fingerprint density at radius 1 is 1.32 bits per heavy atom. The van der Waals surface area contributed by atoms with E-state index in [2.05, 4.69) is 12.2 Å². The van der Waals surface area contributed by atoms with Crippen LogP contribution in [-0.4, -0.2) is 33.5 Å². The second kappa shape index (κ2) is 6.13. The van der Waals surface area contributed by atoms with E-state index in [0.717, 1.165) is 37.8 Å². The van der Waals surface area contributed by atoms with Crippen LogP contribution in [0.5, 0.6) is 0 Å². The predicted octanol–water partition coefficient (Wildman–Crippen LogP) is 2.62. The minimum Gasteiger partial charge on any atom is -0.316 e. The van der Waals surface area contributed by atoms with Crippen LogP contribution in [0.1, 0.15) is 51.9 Å². The van der Waals surface area contributed by atoms with Crippen molar-refractivity contribution >= 4 is 9.84 Å². The van der Waals surface area contributed by atoms with Crippen LogP contribution >= 0.6 is 0 Å². The molecule has 0 radical (unpaired) electrons. The van der Waals surface area contributed by atoms with Gasteiger partial charge in [-0.05, 0) is 62.3 Å². The average molecular weight is 287 g/mol. The number of hydrogen-bond donors (Lipinski definition) is 1. The van der Waals surface area contributed by atoms with E-state index >= 15 is 0 Å². The quantitative estimate of drug-likeness (QED) is 0.698. The highest BCUT2D eigenvalue weighted by Gasteiger charge is 2.49. The number of sulfone groups is 1. The Kier molecular flexibility index (Phi) is 4.93. The first-order chi connectivity index (χ1) is 8.95. The molecule has 19 heavy (non-hydrogen) atoms. The van der Waals surface area contributed by atoms with Crippen molar-refractivity contribution in [3.8, 4) is 0 Å². The fourth-order valence-corrected chi connectivity index (χ4v) is 5.04. The SMILES string of the molecule is CCCNCC1(CCCS(C)(=O)=O)CC2CCC1C2. The molecule has 2 aliphatic carbocycles. The van der Waals surface area contributed by atoms with Gasteiger partial charge in [-0.25, -0.2) is 8.42 Å². The lowest BCUT2D eigenvalue weighted by molar-refractivity contribution is 0.142. The normalized spacial score (nSPS) is 34.0. The van der Waals surface area contributed by atoms with Gasteiger partial charge in [0.25, 0.3) is 0 Å². The van der Waals surface area contributed by atoms with Crippen LogP contribution < -0.4 is 5.32 Å². The Bertz CT molecular complexity index is 393. The molecular formula is C15H29NO2S. The summed E-state index contributed by atoms with van der Waals surface area (Å²) in [7, 11) is -2.80. The molecule has 2 fully saturated rings. The molecule has 0 amide bonds. The molecule has 4 heteroatoms. The molecule has 3 nitrogen and oxygen atoms in total. The van der Waals surface area contributed by atoms with Crippen LogP contribution in [-0.2, 0) is 9.84 Å². The van der Waals surface area contributed by atoms with E-state index in [1.165, 1.54) is 38.4 Å². The van der Waals surface area contributed by atoms with Gasteiger partial charge in [-0.15, -0.1) is 0 Å². The summed E-state index contributed by atoms with van der Waals surface area (Å²) < 4.78 is 22.6. The topological polar surface area (TPSA) is 46.2 Å². The monoisotopic (exact) mass is 287 g/mol. The second-order valence-electron chi connectivity index (χ2n) is 6.85. The zero-order valence-corrected chi connectivity index (χ0v) is 13.3. The molecule has 0 aromatic heterocycles. The first kappa shape index (κ1) is 15.3. The van der Waals surface area contributed by atoms with E-state index < -0.39 is 9.84 Å². The molecule has 1 N–H and O–H groups in total. The maximum atomic E-state index is 11.3. The minimum absolute atomic E-state index is 0.361. The predicted molar refractivity (Wildman–Crippen MR) is 80.0 cm³/mol. The van der Waals surface area contributed by atoms with Crippen molar-refractivity contribution in [1.29, 1.82) is 0 Å². The fourth-order valence-electron chi connectivity index (χ4n) is 4.37. The zero-order valence-electron chi connectivity index (χ0n) is 12.5. The Morgan fingerprint density at radius 2 is 2.11 bits per heavy atom. The summed E-state index contributed by atoms with van der Waals surface area (Å²) in [5.41, 5.74) is 0.406. The maximum Gasteiger partial charge on any atom is 0.147 e. The van der Waals surface area contributed by atoms with Gasteiger partial charge >= 0.3 is 0 Å². The summed E-state index contributed by atoms with van der Waals surface area (Å²) in [6, 6.07) is 0. The molecular weight excluding hydrogens is 258 g/mol. The number of rotatable bonds is 8. The highest BCUT2D eigenvalue weighted by molar-refractivity contribution is 7.90. The molecule has 0 saturated heterocycles. The van der Waals surface area contributed by atoms with Crippen molar-refractivity contribution in [2.75, 3.05) is 25.1 Å². The van der Waals surface area contributed by atoms with E-state index in [9.17, 15) is 8.42 Å². The van der Waals surface area contributed by atoms with Gasteiger partial charge in [-0.3, -0.25) is 0 Å². The Hall–Kier alpha value is -0.0900. The first-order valence-corrected chi connectivity index (χ1v) is 9.90. The van der Waals surface area contributed by atoms with Crippen LogP contribution in [0.2, 0.25) is 0 Å². The van der Waals surface area contributed by atoms with E-state index in [1.54, 1.807) is 0 Å². The molecule has 2 rings (SSSR count). The molecule has 3 unspecified atom stereocenters. The van der Waals surface area contributed by atoms with Crippen molar-refractivity contribution in [3.63, 3.8) is 0 Å². The fraction of sp³-hybridized carbons (Fsp3) is 1.00. The second-order valence-corrected chi connectivity index (χ2v) is 9.11. The van der Waals surface area contributed by atoms with Gasteiger partial charge in [0, 0.05) is 18.6 Å². The third-order valence-corrected chi connectivity index (χ3v) is 6.23. The van der Waals surface area contributed by atoms with Gasteiger partial charge in [-0.2, -0.15) is 0 Å². The Balaban J connectivity index is 1.91. The summed E-state index contributed by atoms with van der Waals surface area (Å²) in [6.07, 6.45) is 9.98. The number of hydrogen-bond acceptors (Lipinski definition) is 3. The van der Waals surface area contributed by atoms with Gasteiger partial charge in [-0.1, -0.05) is 13.3 Å². The molecule has 3 atom stereocenters. The van der Waals surface area contributed by atoms with Crippen LogP contribution in [0.25, 0.3) is 0 Å². The molecule has 0 aliphatic heterocycles. The van der Waals surface area contributed by atoms with Crippen molar-refractivity contribution in [3.05, 3.63) is 0 Å². The highest BCUT2D eigenvalue weighted by Crippen LogP contribution is 2.57.